The van der Waals surface area contributed by atoms with Crippen LogP contribution in [0.3, 0.4) is 0 Å². The Morgan fingerprint density at radius 3 is 2.86 bits per heavy atom. The van der Waals surface area contributed by atoms with Gasteiger partial charge in [0.1, 0.15) is 19.0 Å². The second kappa shape index (κ2) is 6.31. The predicted molar refractivity (Wildman–Crippen MR) is 80.1 cm³/mol. The first-order valence-electron chi connectivity index (χ1n) is 7.13. The molecule has 0 unspecified atom stereocenters. The molecule has 1 aliphatic rings. The van der Waals surface area contributed by atoms with E-state index in [1.54, 1.807) is 18.2 Å². The van der Waals surface area contributed by atoms with Crippen LogP contribution < -0.4 is 4.74 Å². The molecule has 0 radical (unpaired) electrons. The minimum atomic E-state index is -0.302. The molecule has 110 valence electrons. The number of esters is 1. The maximum Gasteiger partial charge on any atom is 0.313 e. The Bertz CT molecular complexity index is 733. The third-order valence-corrected chi connectivity index (χ3v) is 3.72. The van der Waals surface area contributed by atoms with Crippen molar-refractivity contribution >= 4 is 5.97 Å². The molecule has 2 aromatic rings. The Hall–Kier alpha value is -2.80. The van der Waals surface area contributed by atoms with Gasteiger partial charge in [-0.2, -0.15) is 5.26 Å². The molecule has 0 saturated carbocycles. The summed E-state index contributed by atoms with van der Waals surface area (Å²) < 4.78 is 11.0. The van der Waals surface area contributed by atoms with Crippen LogP contribution in [0, 0.1) is 17.2 Å². The zero-order valence-corrected chi connectivity index (χ0v) is 12.0. The van der Waals surface area contributed by atoms with E-state index < -0.39 is 0 Å². The van der Waals surface area contributed by atoms with E-state index in [1.165, 1.54) is 0 Å². The van der Waals surface area contributed by atoms with Crippen LogP contribution in [-0.2, 0) is 22.6 Å². The molecule has 0 saturated heterocycles. The van der Waals surface area contributed by atoms with Crippen LogP contribution in [0.15, 0.2) is 48.5 Å². The number of nitriles is 1. The standard InChI is InChI=1S/C18H15NO3/c19-10-14-6-1-2-7-15(14)11-22-18(20)16-9-13-5-3-4-8-17(13)21-12-16/h1-8,16H,9,11-12H2/t16-/m0/s1. The van der Waals surface area contributed by atoms with Gasteiger partial charge in [0.05, 0.1) is 17.6 Å². The molecule has 0 bridgehead atoms. The summed E-state index contributed by atoms with van der Waals surface area (Å²) in [5.41, 5.74) is 2.27. The van der Waals surface area contributed by atoms with Crippen LogP contribution in [0.25, 0.3) is 0 Å². The average molecular weight is 293 g/mol. The molecule has 0 amide bonds. The average Bonchev–Trinajstić information content (AvgIpc) is 2.59. The molecule has 22 heavy (non-hydrogen) atoms. The van der Waals surface area contributed by atoms with E-state index in [9.17, 15) is 4.79 Å². The molecule has 0 aromatic heterocycles. The van der Waals surface area contributed by atoms with Gasteiger partial charge in [0, 0.05) is 5.56 Å². The first-order valence-corrected chi connectivity index (χ1v) is 7.13. The number of ether oxygens (including phenoxy) is 2. The van der Waals surface area contributed by atoms with Crippen molar-refractivity contribution in [3.63, 3.8) is 0 Å². The van der Waals surface area contributed by atoms with Crippen LogP contribution >= 0.6 is 0 Å². The Morgan fingerprint density at radius 2 is 2.00 bits per heavy atom. The second-order valence-electron chi connectivity index (χ2n) is 5.20. The summed E-state index contributed by atoms with van der Waals surface area (Å²) >= 11 is 0. The number of nitrogens with zero attached hydrogens (tertiary/aromatic N) is 1. The van der Waals surface area contributed by atoms with Gasteiger partial charge in [0.25, 0.3) is 0 Å². The van der Waals surface area contributed by atoms with Crippen LogP contribution in [0.4, 0.5) is 0 Å². The highest BCUT2D eigenvalue weighted by Gasteiger charge is 2.27. The molecule has 0 fully saturated rings. The van der Waals surface area contributed by atoms with Crippen molar-refractivity contribution in [3.05, 3.63) is 65.2 Å². The summed E-state index contributed by atoms with van der Waals surface area (Å²) in [6.07, 6.45) is 0.620. The lowest BCUT2D eigenvalue weighted by molar-refractivity contribution is -0.151. The molecule has 1 atom stereocenters. The van der Waals surface area contributed by atoms with Gasteiger partial charge in [-0.25, -0.2) is 0 Å². The predicted octanol–water partition coefficient (Wildman–Crippen LogP) is 2.85. The summed E-state index contributed by atoms with van der Waals surface area (Å²) in [5, 5.41) is 9.03. The lowest BCUT2D eigenvalue weighted by Gasteiger charge is -2.23. The second-order valence-corrected chi connectivity index (χ2v) is 5.20. The summed E-state index contributed by atoms with van der Waals surface area (Å²) in [5.74, 6) is 0.243. The van der Waals surface area contributed by atoms with Gasteiger partial charge in [-0.05, 0) is 24.1 Å². The highest BCUT2D eigenvalue weighted by Crippen LogP contribution is 2.27. The Labute approximate surface area is 128 Å². The van der Waals surface area contributed by atoms with Gasteiger partial charge in [-0.15, -0.1) is 0 Å². The van der Waals surface area contributed by atoms with E-state index in [0.717, 1.165) is 16.9 Å². The van der Waals surface area contributed by atoms with Crippen molar-refractivity contribution in [1.29, 1.82) is 5.26 Å². The van der Waals surface area contributed by atoms with E-state index in [2.05, 4.69) is 6.07 Å². The van der Waals surface area contributed by atoms with E-state index in [-0.39, 0.29) is 18.5 Å². The molecule has 2 aromatic carbocycles. The Kier molecular flexibility index (Phi) is 4.06. The maximum atomic E-state index is 12.2. The number of rotatable bonds is 3. The summed E-state index contributed by atoms with van der Waals surface area (Å²) in [4.78, 5) is 12.2. The number of carbonyl (C=O) groups is 1. The van der Waals surface area contributed by atoms with Gasteiger partial charge in [-0.1, -0.05) is 36.4 Å². The van der Waals surface area contributed by atoms with Crippen molar-refractivity contribution in [2.75, 3.05) is 6.61 Å². The van der Waals surface area contributed by atoms with Crippen molar-refractivity contribution in [1.82, 2.24) is 0 Å². The normalized spacial score (nSPS) is 16.0. The summed E-state index contributed by atoms with van der Waals surface area (Å²) in [6, 6.07) is 16.9. The molecule has 1 aliphatic heterocycles. The number of carbonyl (C=O) groups excluding carboxylic acids is 1. The molecule has 4 nitrogen and oxygen atoms in total. The topological polar surface area (TPSA) is 59.3 Å². The fourth-order valence-electron chi connectivity index (χ4n) is 2.50. The SMILES string of the molecule is N#Cc1ccccc1COC(=O)[C@@H]1COc2ccccc2C1. The third-order valence-electron chi connectivity index (χ3n) is 3.72. The maximum absolute atomic E-state index is 12.2. The van der Waals surface area contributed by atoms with Gasteiger partial charge >= 0.3 is 5.97 Å². The lowest BCUT2D eigenvalue weighted by Crippen LogP contribution is -2.29. The first kappa shape index (κ1) is 14.2. The molecular weight excluding hydrogens is 278 g/mol. The molecule has 0 N–H and O–H groups in total. The molecule has 0 aliphatic carbocycles. The molecule has 1 heterocycles. The van der Waals surface area contributed by atoms with Crippen molar-refractivity contribution in [3.8, 4) is 11.8 Å². The van der Waals surface area contributed by atoms with Gasteiger partial charge in [0.15, 0.2) is 0 Å². The summed E-state index contributed by atoms with van der Waals surface area (Å²) in [6.45, 7) is 0.441. The van der Waals surface area contributed by atoms with Crippen molar-refractivity contribution in [2.24, 2.45) is 5.92 Å². The highest BCUT2D eigenvalue weighted by atomic mass is 16.5. The minimum Gasteiger partial charge on any atom is -0.492 e. The lowest BCUT2D eigenvalue weighted by atomic mass is 9.97. The van der Waals surface area contributed by atoms with Crippen LogP contribution in [0.1, 0.15) is 16.7 Å². The Morgan fingerprint density at radius 1 is 1.23 bits per heavy atom. The van der Waals surface area contributed by atoms with Crippen LogP contribution in [0.2, 0.25) is 0 Å². The minimum absolute atomic E-state index is 0.112. The largest absolute Gasteiger partial charge is 0.492 e. The van der Waals surface area contributed by atoms with Crippen molar-refractivity contribution < 1.29 is 14.3 Å². The monoisotopic (exact) mass is 293 g/mol. The number of fused-ring (bicyclic) bond motifs is 1. The number of para-hydroxylation sites is 1. The zero-order chi connectivity index (χ0) is 15.4. The van der Waals surface area contributed by atoms with Gasteiger partial charge < -0.3 is 9.47 Å². The molecular formula is C18H15NO3. The van der Waals surface area contributed by atoms with Gasteiger partial charge in [0.2, 0.25) is 0 Å². The number of hydrogen-bond donors (Lipinski definition) is 0. The molecule has 4 heteroatoms. The fourth-order valence-corrected chi connectivity index (χ4v) is 2.50. The van der Waals surface area contributed by atoms with Crippen LogP contribution in [-0.4, -0.2) is 12.6 Å². The molecule has 3 rings (SSSR count). The zero-order valence-electron chi connectivity index (χ0n) is 12.0. The highest BCUT2D eigenvalue weighted by molar-refractivity contribution is 5.73. The van der Waals surface area contributed by atoms with E-state index in [1.807, 2.05) is 30.3 Å². The van der Waals surface area contributed by atoms with E-state index in [4.69, 9.17) is 14.7 Å². The van der Waals surface area contributed by atoms with Crippen molar-refractivity contribution in [2.45, 2.75) is 13.0 Å². The smallest absolute Gasteiger partial charge is 0.313 e. The van der Waals surface area contributed by atoms with E-state index >= 15 is 0 Å². The van der Waals surface area contributed by atoms with E-state index in [0.29, 0.717) is 18.6 Å². The Balaban J connectivity index is 1.63. The fraction of sp³-hybridized carbons (Fsp3) is 0.222. The first-order chi connectivity index (χ1) is 10.8. The number of benzene rings is 2. The number of hydrogen-bond acceptors (Lipinski definition) is 4. The quantitative estimate of drug-likeness (QED) is 0.816. The van der Waals surface area contributed by atoms with Gasteiger partial charge in [-0.3, -0.25) is 4.79 Å². The molecule has 0 spiro atoms. The van der Waals surface area contributed by atoms with Crippen LogP contribution in [0.5, 0.6) is 5.75 Å². The summed E-state index contributed by atoms with van der Waals surface area (Å²) in [7, 11) is 0. The third kappa shape index (κ3) is 2.94.